The molecule has 0 fully saturated rings. The van der Waals surface area contributed by atoms with Crippen LogP contribution in [0.3, 0.4) is 0 Å². The summed E-state index contributed by atoms with van der Waals surface area (Å²) in [7, 11) is 0. The molecule has 39 heavy (non-hydrogen) atoms. The van der Waals surface area contributed by atoms with Crippen LogP contribution in [-0.4, -0.2) is 40.6 Å². The predicted molar refractivity (Wildman–Crippen MR) is 149 cm³/mol. The number of rotatable bonds is 10. The lowest BCUT2D eigenvalue weighted by atomic mass is 10.0. The number of ether oxygens (including phenoxy) is 1. The molecule has 206 valence electrons. The van der Waals surface area contributed by atoms with Gasteiger partial charge in [-0.3, -0.25) is 14.4 Å². The minimum absolute atomic E-state index is 0.0271. The van der Waals surface area contributed by atoms with Crippen LogP contribution in [0.2, 0.25) is 0 Å². The topological polar surface area (TPSA) is 142 Å². The molecule has 2 amide bonds. The first-order valence-corrected chi connectivity index (χ1v) is 12.4. The van der Waals surface area contributed by atoms with Gasteiger partial charge in [-0.2, -0.15) is 0 Å². The third-order valence-electron chi connectivity index (χ3n) is 5.58. The molecular weight excluding hydrogens is 500 g/mol. The van der Waals surface area contributed by atoms with Crippen molar-refractivity contribution < 1.29 is 34.1 Å². The van der Waals surface area contributed by atoms with E-state index in [1.54, 1.807) is 18.2 Å². The van der Waals surface area contributed by atoms with Crippen molar-refractivity contribution in [3.63, 3.8) is 0 Å². The van der Waals surface area contributed by atoms with Crippen LogP contribution < -0.4 is 15.4 Å². The zero-order valence-electron chi connectivity index (χ0n) is 22.5. The number of benzene rings is 3. The van der Waals surface area contributed by atoms with Crippen LogP contribution in [0.25, 0.3) is 0 Å². The Bertz CT molecular complexity index is 1310. The second-order valence-electron chi connectivity index (χ2n) is 9.06. The van der Waals surface area contributed by atoms with Crippen LogP contribution in [0.4, 0.5) is 11.4 Å². The molecule has 0 saturated heterocycles. The van der Waals surface area contributed by atoms with Crippen molar-refractivity contribution in [2.45, 2.75) is 47.0 Å². The Morgan fingerprint density at radius 2 is 1.41 bits per heavy atom. The van der Waals surface area contributed by atoms with Crippen LogP contribution >= 0.6 is 0 Å². The van der Waals surface area contributed by atoms with E-state index in [9.17, 15) is 19.2 Å². The zero-order valence-corrected chi connectivity index (χ0v) is 22.5. The molecule has 3 aromatic rings. The molecule has 9 nitrogen and oxygen atoms in total. The number of carboxylic acids is 2. The fourth-order valence-electron chi connectivity index (χ4n) is 3.77. The molecule has 0 unspecified atom stereocenters. The van der Waals surface area contributed by atoms with Crippen molar-refractivity contribution in [1.29, 1.82) is 0 Å². The van der Waals surface area contributed by atoms with Gasteiger partial charge in [-0.15, -0.1) is 0 Å². The van der Waals surface area contributed by atoms with E-state index in [0.29, 0.717) is 17.9 Å². The van der Waals surface area contributed by atoms with Crippen molar-refractivity contribution in [2.24, 2.45) is 0 Å². The van der Waals surface area contributed by atoms with E-state index in [-0.39, 0.29) is 36.8 Å². The van der Waals surface area contributed by atoms with Crippen LogP contribution in [0.1, 0.15) is 51.9 Å². The molecular formula is C30H34N2O7. The van der Waals surface area contributed by atoms with E-state index >= 15 is 0 Å². The Balaban J connectivity index is 0.000000277. The molecule has 0 aliphatic heterocycles. The predicted octanol–water partition coefficient (Wildman–Crippen LogP) is 5.52. The fraction of sp³-hybridized carbons (Fsp3) is 0.267. The van der Waals surface area contributed by atoms with Gasteiger partial charge in [0.05, 0.1) is 5.56 Å². The van der Waals surface area contributed by atoms with E-state index < -0.39 is 11.9 Å². The number of carbonyl (C=O) groups is 4. The molecule has 0 spiro atoms. The molecule has 3 aromatic carbocycles. The van der Waals surface area contributed by atoms with E-state index in [1.807, 2.05) is 58.0 Å². The average Bonchev–Trinajstić information content (AvgIpc) is 2.86. The molecule has 0 aliphatic carbocycles. The number of hydrogen-bond acceptors (Lipinski definition) is 5. The summed E-state index contributed by atoms with van der Waals surface area (Å²) in [6.07, 6.45) is 0.628. The lowest BCUT2D eigenvalue weighted by molar-refractivity contribution is -0.137. The minimum Gasteiger partial charge on any atom is -0.483 e. The van der Waals surface area contributed by atoms with E-state index in [2.05, 4.69) is 10.6 Å². The molecule has 0 aliphatic rings. The first-order valence-electron chi connectivity index (χ1n) is 12.4. The molecule has 0 bridgehead atoms. The highest BCUT2D eigenvalue weighted by molar-refractivity contribution is 5.94. The summed E-state index contributed by atoms with van der Waals surface area (Å²) in [6.45, 7) is 7.67. The summed E-state index contributed by atoms with van der Waals surface area (Å²) in [6, 6.07) is 17.5. The number of nitrogens with one attached hydrogen (secondary N) is 2. The van der Waals surface area contributed by atoms with Crippen molar-refractivity contribution in [3.05, 3.63) is 88.5 Å². The van der Waals surface area contributed by atoms with Gasteiger partial charge in [0, 0.05) is 24.2 Å². The average molecular weight is 535 g/mol. The van der Waals surface area contributed by atoms with Gasteiger partial charge in [-0.1, -0.05) is 42.0 Å². The molecule has 9 heteroatoms. The first kappa shape index (κ1) is 30.6. The molecule has 0 atom stereocenters. The van der Waals surface area contributed by atoms with Gasteiger partial charge in [0.1, 0.15) is 5.75 Å². The summed E-state index contributed by atoms with van der Waals surface area (Å²) in [5, 5.41) is 22.8. The normalized spacial score (nSPS) is 10.1. The number of carbonyl (C=O) groups excluding carboxylic acids is 2. The highest BCUT2D eigenvalue weighted by atomic mass is 16.5. The number of aliphatic carboxylic acids is 1. The van der Waals surface area contributed by atoms with Crippen LogP contribution in [0.5, 0.6) is 5.75 Å². The Kier molecular flexibility index (Phi) is 11.7. The quantitative estimate of drug-likeness (QED) is 0.268. The van der Waals surface area contributed by atoms with Gasteiger partial charge in [0.25, 0.3) is 5.91 Å². The molecule has 0 heterocycles. The van der Waals surface area contributed by atoms with Crippen molar-refractivity contribution >= 4 is 35.1 Å². The summed E-state index contributed by atoms with van der Waals surface area (Å²) >= 11 is 0. The summed E-state index contributed by atoms with van der Waals surface area (Å²) in [5.41, 5.74) is 5.53. The maximum absolute atomic E-state index is 11.8. The smallest absolute Gasteiger partial charge is 0.335 e. The third-order valence-corrected chi connectivity index (χ3v) is 5.58. The van der Waals surface area contributed by atoms with Gasteiger partial charge in [-0.25, -0.2) is 4.79 Å². The Hall–Kier alpha value is -4.66. The lowest BCUT2D eigenvalue weighted by Crippen LogP contribution is -2.20. The summed E-state index contributed by atoms with van der Waals surface area (Å²) in [4.78, 5) is 44.7. The van der Waals surface area contributed by atoms with Gasteiger partial charge in [0.15, 0.2) is 6.61 Å². The van der Waals surface area contributed by atoms with Gasteiger partial charge >= 0.3 is 11.9 Å². The molecule has 0 aromatic heterocycles. The second-order valence-corrected chi connectivity index (χ2v) is 9.06. The third kappa shape index (κ3) is 10.7. The number of anilines is 2. The Morgan fingerprint density at radius 3 is 2.03 bits per heavy atom. The largest absolute Gasteiger partial charge is 0.483 e. The highest BCUT2D eigenvalue weighted by Gasteiger charge is 2.10. The standard InChI is InChI=1S/C16H15NO4.C14H19NO3/c1-11-5-2-3-8-14(11)21-10-15(18)17-13-7-4-6-12(9-13)16(19)20;1-9-7-10(2)14(11(3)8-9)15-12(16)5-4-6-13(17)18/h2-9H,10H2,1H3,(H,17,18)(H,19,20);7-8H,4-6H2,1-3H3,(H,15,16)(H,17,18). The number of amides is 2. The zero-order chi connectivity index (χ0) is 28.9. The highest BCUT2D eigenvalue weighted by Crippen LogP contribution is 2.22. The number of hydrogen-bond donors (Lipinski definition) is 4. The first-order chi connectivity index (χ1) is 18.5. The molecule has 3 rings (SSSR count). The van der Waals surface area contributed by atoms with Gasteiger partial charge < -0.3 is 25.6 Å². The number of aryl methyl sites for hydroxylation is 4. The van der Waals surface area contributed by atoms with E-state index in [4.69, 9.17) is 14.9 Å². The van der Waals surface area contributed by atoms with Crippen molar-refractivity contribution in [2.75, 3.05) is 17.2 Å². The molecule has 0 saturated carbocycles. The Morgan fingerprint density at radius 1 is 0.744 bits per heavy atom. The van der Waals surface area contributed by atoms with E-state index in [1.165, 1.54) is 12.1 Å². The van der Waals surface area contributed by atoms with Crippen molar-refractivity contribution in [1.82, 2.24) is 0 Å². The van der Waals surface area contributed by atoms with Gasteiger partial charge in [0.2, 0.25) is 5.91 Å². The molecule has 0 radical (unpaired) electrons. The Labute approximate surface area is 227 Å². The maximum Gasteiger partial charge on any atom is 0.335 e. The number of aromatic carboxylic acids is 1. The summed E-state index contributed by atoms with van der Waals surface area (Å²) in [5.74, 6) is -1.74. The van der Waals surface area contributed by atoms with Crippen LogP contribution in [-0.2, 0) is 14.4 Å². The van der Waals surface area contributed by atoms with E-state index in [0.717, 1.165) is 27.9 Å². The fourth-order valence-corrected chi connectivity index (χ4v) is 3.77. The SMILES string of the molecule is Cc1cc(C)c(NC(=O)CCCC(=O)O)c(C)c1.Cc1ccccc1OCC(=O)Nc1cccc(C(=O)O)c1. The van der Waals surface area contributed by atoms with Crippen LogP contribution in [0.15, 0.2) is 60.7 Å². The number of para-hydroxylation sites is 1. The summed E-state index contributed by atoms with van der Waals surface area (Å²) < 4.78 is 5.42. The number of carboxylic acid groups (broad SMARTS) is 2. The lowest BCUT2D eigenvalue weighted by Gasteiger charge is -2.12. The van der Waals surface area contributed by atoms with Crippen LogP contribution in [0, 0.1) is 27.7 Å². The monoisotopic (exact) mass is 534 g/mol. The maximum atomic E-state index is 11.8. The van der Waals surface area contributed by atoms with Crippen molar-refractivity contribution in [3.8, 4) is 5.75 Å². The van der Waals surface area contributed by atoms with Gasteiger partial charge in [-0.05, 0) is 75.1 Å². The minimum atomic E-state index is -1.04. The second kappa shape index (κ2) is 14.9. The molecule has 4 N–H and O–H groups in total.